The van der Waals surface area contributed by atoms with Crippen LogP contribution in [0, 0.1) is 11.6 Å². The molecule has 0 fully saturated rings. The molecule has 4 aromatic rings. The van der Waals surface area contributed by atoms with Crippen LogP contribution in [0.15, 0.2) is 71.9 Å². The van der Waals surface area contributed by atoms with E-state index in [9.17, 15) is 8.78 Å². The predicted molar refractivity (Wildman–Crippen MR) is 124 cm³/mol. The fourth-order valence-corrected chi connectivity index (χ4v) is 4.22. The Bertz CT molecular complexity index is 1250. The lowest BCUT2D eigenvalue weighted by Crippen LogP contribution is -2.05. The van der Waals surface area contributed by atoms with Gasteiger partial charge in [0.2, 0.25) is 0 Å². The molecule has 0 aliphatic carbocycles. The standard InChI is InChI=1S/C25H18Cl2F2N2/c1-15(30-13-16-5-3-2-4-6-16)9-17-7-8-20(25-21(17)10-19(29)14-31-25)24-22(26)11-18(28)12-23(24)27/h2-8,10-15H,9H2,1H3/t15-/m0/s1. The second-order valence-electron chi connectivity index (χ2n) is 7.31. The van der Waals surface area contributed by atoms with Crippen molar-refractivity contribution < 1.29 is 8.78 Å². The van der Waals surface area contributed by atoms with Crippen LogP contribution in [-0.2, 0) is 6.42 Å². The topological polar surface area (TPSA) is 25.2 Å². The summed E-state index contributed by atoms with van der Waals surface area (Å²) in [4.78, 5) is 8.91. The van der Waals surface area contributed by atoms with E-state index >= 15 is 0 Å². The molecule has 0 saturated carbocycles. The van der Waals surface area contributed by atoms with Gasteiger partial charge in [-0.25, -0.2) is 8.78 Å². The second kappa shape index (κ2) is 9.13. The van der Waals surface area contributed by atoms with Gasteiger partial charge < -0.3 is 0 Å². The molecule has 1 atom stereocenters. The van der Waals surface area contributed by atoms with Gasteiger partial charge in [-0.2, -0.15) is 0 Å². The molecule has 0 amide bonds. The summed E-state index contributed by atoms with van der Waals surface area (Å²) < 4.78 is 27.7. The third-order valence-corrected chi connectivity index (χ3v) is 5.57. The molecule has 0 bridgehead atoms. The second-order valence-corrected chi connectivity index (χ2v) is 8.12. The summed E-state index contributed by atoms with van der Waals surface area (Å²) in [5, 5.41) is 0.993. The van der Waals surface area contributed by atoms with Crippen LogP contribution in [0.5, 0.6) is 0 Å². The Hall–Kier alpha value is -2.82. The van der Waals surface area contributed by atoms with E-state index in [0.29, 0.717) is 28.5 Å². The van der Waals surface area contributed by atoms with Crippen LogP contribution in [0.25, 0.3) is 22.0 Å². The zero-order valence-electron chi connectivity index (χ0n) is 16.6. The number of pyridine rings is 1. The van der Waals surface area contributed by atoms with Crippen molar-refractivity contribution in [2.24, 2.45) is 4.99 Å². The zero-order valence-corrected chi connectivity index (χ0v) is 18.1. The first kappa shape index (κ1) is 21.4. The highest BCUT2D eigenvalue weighted by Crippen LogP contribution is 2.39. The van der Waals surface area contributed by atoms with Gasteiger partial charge in [-0.05, 0) is 42.7 Å². The molecule has 4 rings (SSSR count). The molecule has 0 aliphatic rings. The smallest absolute Gasteiger partial charge is 0.142 e. The first-order valence-electron chi connectivity index (χ1n) is 9.72. The minimum absolute atomic E-state index is 0.0319. The van der Waals surface area contributed by atoms with Crippen molar-refractivity contribution in [2.45, 2.75) is 19.4 Å². The largest absolute Gasteiger partial charge is 0.289 e. The number of nitrogens with zero attached hydrogens (tertiary/aromatic N) is 2. The van der Waals surface area contributed by atoms with Crippen molar-refractivity contribution >= 4 is 40.3 Å². The highest BCUT2D eigenvalue weighted by Gasteiger charge is 2.17. The first-order chi connectivity index (χ1) is 14.9. The SMILES string of the molecule is C[C@@H](Cc1ccc(-c2c(Cl)cc(F)cc2Cl)c2ncc(F)cc12)N=Cc1ccccc1. The molecule has 0 saturated heterocycles. The molecule has 0 unspecified atom stereocenters. The Morgan fingerprint density at radius 3 is 2.39 bits per heavy atom. The molecule has 1 heterocycles. The van der Waals surface area contributed by atoms with E-state index in [1.54, 1.807) is 0 Å². The fraction of sp³-hybridized carbons (Fsp3) is 0.120. The van der Waals surface area contributed by atoms with Crippen molar-refractivity contribution in [3.8, 4) is 11.1 Å². The van der Waals surface area contributed by atoms with E-state index in [2.05, 4.69) is 9.98 Å². The van der Waals surface area contributed by atoms with Crippen molar-refractivity contribution in [2.75, 3.05) is 0 Å². The molecular formula is C25H18Cl2F2N2. The summed E-state index contributed by atoms with van der Waals surface area (Å²) in [6.07, 6.45) is 3.58. The van der Waals surface area contributed by atoms with E-state index < -0.39 is 11.6 Å². The first-order valence-corrected chi connectivity index (χ1v) is 10.5. The number of rotatable bonds is 5. The molecule has 6 heteroatoms. The number of halogens is 4. The van der Waals surface area contributed by atoms with Crippen LogP contribution in [0.2, 0.25) is 10.0 Å². The Kier molecular flexibility index (Phi) is 6.30. The van der Waals surface area contributed by atoms with E-state index in [0.717, 1.165) is 17.3 Å². The lowest BCUT2D eigenvalue weighted by Gasteiger charge is -2.15. The molecule has 31 heavy (non-hydrogen) atoms. The number of hydrogen-bond donors (Lipinski definition) is 0. The molecule has 1 aromatic heterocycles. The Labute approximate surface area is 189 Å². The molecule has 156 valence electrons. The van der Waals surface area contributed by atoms with Crippen LogP contribution in [0.4, 0.5) is 8.78 Å². The summed E-state index contributed by atoms with van der Waals surface area (Å²) in [7, 11) is 0. The highest BCUT2D eigenvalue weighted by molar-refractivity contribution is 6.39. The average Bonchev–Trinajstić information content (AvgIpc) is 2.73. The Balaban J connectivity index is 1.74. The lowest BCUT2D eigenvalue weighted by atomic mass is 9.95. The minimum Gasteiger partial charge on any atom is -0.289 e. The van der Waals surface area contributed by atoms with Gasteiger partial charge in [-0.1, -0.05) is 65.7 Å². The van der Waals surface area contributed by atoms with Gasteiger partial charge in [0.1, 0.15) is 11.6 Å². The number of aliphatic imine (C=N–C) groups is 1. The van der Waals surface area contributed by atoms with Gasteiger partial charge in [0.05, 0.1) is 27.8 Å². The molecule has 0 N–H and O–H groups in total. The van der Waals surface area contributed by atoms with Gasteiger partial charge in [-0.3, -0.25) is 9.98 Å². The Morgan fingerprint density at radius 1 is 0.968 bits per heavy atom. The number of benzene rings is 3. The molecule has 0 aliphatic heterocycles. The quantitative estimate of drug-likeness (QED) is 0.286. The maximum Gasteiger partial charge on any atom is 0.142 e. The summed E-state index contributed by atoms with van der Waals surface area (Å²) in [5.41, 5.74) is 3.55. The van der Waals surface area contributed by atoms with E-state index in [1.165, 1.54) is 18.2 Å². The molecule has 0 spiro atoms. The maximum absolute atomic E-state index is 14.1. The molecule has 2 nitrogen and oxygen atoms in total. The lowest BCUT2D eigenvalue weighted by molar-refractivity contribution is 0.624. The maximum atomic E-state index is 14.1. The van der Waals surface area contributed by atoms with Crippen LogP contribution in [0.3, 0.4) is 0 Å². The molecular weight excluding hydrogens is 437 g/mol. The number of fused-ring (bicyclic) bond motifs is 1. The van der Waals surface area contributed by atoms with Gasteiger partial charge in [0.25, 0.3) is 0 Å². The van der Waals surface area contributed by atoms with Crippen LogP contribution in [0.1, 0.15) is 18.1 Å². The van der Waals surface area contributed by atoms with Crippen molar-refractivity contribution in [1.29, 1.82) is 0 Å². The monoisotopic (exact) mass is 454 g/mol. The van der Waals surface area contributed by atoms with E-state index in [-0.39, 0.29) is 16.1 Å². The minimum atomic E-state index is -0.524. The molecule has 0 radical (unpaired) electrons. The molecule has 3 aromatic carbocycles. The zero-order chi connectivity index (χ0) is 22.0. The Morgan fingerprint density at radius 2 is 1.68 bits per heavy atom. The van der Waals surface area contributed by atoms with Crippen molar-refractivity contribution in [3.63, 3.8) is 0 Å². The average molecular weight is 455 g/mol. The van der Waals surface area contributed by atoms with Gasteiger partial charge >= 0.3 is 0 Å². The summed E-state index contributed by atoms with van der Waals surface area (Å²) in [6, 6.07) is 17.4. The van der Waals surface area contributed by atoms with E-state index in [1.807, 2.05) is 55.6 Å². The summed E-state index contributed by atoms with van der Waals surface area (Å²) in [6.45, 7) is 2.00. The van der Waals surface area contributed by atoms with Crippen molar-refractivity contribution in [3.05, 3.63) is 99.7 Å². The van der Waals surface area contributed by atoms with Crippen molar-refractivity contribution in [1.82, 2.24) is 4.98 Å². The van der Waals surface area contributed by atoms with Gasteiger partial charge in [0.15, 0.2) is 0 Å². The third-order valence-electron chi connectivity index (χ3n) is 4.98. The summed E-state index contributed by atoms with van der Waals surface area (Å²) >= 11 is 12.6. The number of hydrogen-bond acceptors (Lipinski definition) is 2. The van der Waals surface area contributed by atoms with Crippen LogP contribution >= 0.6 is 23.2 Å². The number of aromatic nitrogens is 1. The van der Waals surface area contributed by atoms with E-state index in [4.69, 9.17) is 23.2 Å². The van der Waals surface area contributed by atoms with Gasteiger partial charge in [0, 0.05) is 22.7 Å². The summed E-state index contributed by atoms with van der Waals surface area (Å²) in [5.74, 6) is -0.966. The third kappa shape index (κ3) is 4.76. The van der Waals surface area contributed by atoms with Gasteiger partial charge in [-0.15, -0.1) is 0 Å². The highest BCUT2D eigenvalue weighted by atomic mass is 35.5. The van der Waals surface area contributed by atoms with Crippen LogP contribution < -0.4 is 0 Å². The fourth-order valence-electron chi connectivity index (χ4n) is 3.55. The normalized spacial score (nSPS) is 12.5. The predicted octanol–water partition coefficient (Wildman–Crippen LogP) is 7.54. The van der Waals surface area contributed by atoms with Crippen LogP contribution in [-0.4, -0.2) is 17.2 Å².